The summed E-state index contributed by atoms with van der Waals surface area (Å²) < 4.78 is 5.53. The molecule has 0 aliphatic carbocycles. The molecule has 2 aliphatic heterocycles. The van der Waals surface area contributed by atoms with Gasteiger partial charge >= 0.3 is 0 Å². The molecule has 2 N–H and O–H groups in total. The Morgan fingerprint density at radius 1 is 1.33 bits per heavy atom. The van der Waals surface area contributed by atoms with Gasteiger partial charge in [0.1, 0.15) is 0 Å². The summed E-state index contributed by atoms with van der Waals surface area (Å²) in [6, 6.07) is 2.47. The van der Waals surface area contributed by atoms with E-state index < -0.39 is 0 Å². The van der Waals surface area contributed by atoms with Crippen molar-refractivity contribution in [3.05, 3.63) is 0 Å². The second-order valence-electron chi connectivity index (χ2n) is 5.07. The van der Waals surface area contributed by atoms with Crippen molar-refractivity contribution in [3.8, 4) is 0 Å². The number of nitrogens with zero attached hydrogens (tertiary/aromatic N) is 1. The molecule has 3 heteroatoms. The van der Waals surface area contributed by atoms with Crippen LogP contribution in [0.5, 0.6) is 0 Å². The van der Waals surface area contributed by atoms with Gasteiger partial charge in [0.15, 0.2) is 0 Å². The monoisotopic (exact) mass is 212 g/mol. The Morgan fingerprint density at radius 2 is 1.93 bits per heavy atom. The Balaban J connectivity index is 1.92. The molecule has 2 saturated heterocycles. The van der Waals surface area contributed by atoms with Gasteiger partial charge in [-0.1, -0.05) is 0 Å². The molecule has 0 saturated carbocycles. The highest BCUT2D eigenvalue weighted by molar-refractivity contribution is 4.98. The molecule has 3 unspecified atom stereocenters. The fraction of sp³-hybridized carbons (Fsp3) is 1.00. The summed E-state index contributed by atoms with van der Waals surface area (Å²) in [6.07, 6.45) is 5.06. The van der Waals surface area contributed by atoms with Crippen LogP contribution in [-0.2, 0) is 4.74 Å². The van der Waals surface area contributed by atoms with E-state index in [1.807, 2.05) is 0 Å². The third-order valence-corrected chi connectivity index (χ3v) is 3.90. The Hall–Kier alpha value is -0.120. The fourth-order valence-corrected chi connectivity index (χ4v) is 3.35. The van der Waals surface area contributed by atoms with Crippen LogP contribution < -0.4 is 5.73 Å². The van der Waals surface area contributed by atoms with Crippen LogP contribution in [0, 0.1) is 0 Å². The fourth-order valence-electron chi connectivity index (χ4n) is 3.35. The van der Waals surface area contributed by atoms with Crippen LogP contribution in [0.1, 0.15) is 39.5 Å². The maximum Gasteiger partial charge on any atom is 0.0619 e. The van der Waals surface area contributed by atoms with E-state index in [0.29, 0.717) is 12.1 Å². The van der Waals surface area contributed by atoms with E-state index in [0.717, 1.165) is 25.3 Å². The lowest BCUT2D eigenvalue weighted by Crippen LogP contribution is -2.52. The van der Waals surface area contributed by atoms with Gasteiger partial charge in [0.2, 0.25) is 0 Å². The van der Waals surface area contributed by atoms with E-state index in [1.165, 1.54) is 25.7 Å². The van der Waals surface area contributed by atoms with Crippen LogP contribution >= 0.6 is 0 Å². The van der Waals surface area contributed by atoms with Gasteiger partial charge in [0.05, 0.1) is 6.61 Å². The van der Waals surface area contributed by atoms with Gasteiger partial charge < -0.3 is 10.5 Å². The summed E-state index contributed by atoms with van der Waals surface area (Å²) >= 11 is 0. The van der Waals surface area contributed by atoms with Crippen LogP contribution in [0.3, 0.4) is 0 Å². The average Bonchev–Trinajstić information content (AvgIpc) is 2.48. The number of fused-ring (bicyclic) bond motifs is 2. The van der Waals surface area contributed by atoms with Crippen LogP contribution in [-0.4, -0.2) is 42.3 Å². The minimum absolute atomic E-state index is 0.443. The van der Waals surface area contributed by atoms with E-state index in [9.17, 15) is 0 Å². The van der Waals surface area contributed by atoms with Crippen LogP contribution in [0.15, 0.2) is 0 Å². The quantitative estimate of drug-likeness (QED) is 0.765. The number of hydrogen-bond donors (Lipinski definition) is 1. The summed E-state index contributed by atoms with van der Waals surface area (Å²) in [4.78, 5) is 2.67. The van der Waals surface area contributed by atoms with Crippen molar-refractivity contribution in [3.63, 3.8) is 0 Å². The van der Waals surface area contributed by atoms with E-state index in [4.69, 9.17) is 10.5 Å². The second-order valence-corrected chi connectivity index (χ2v) is 5.07. The molecule has 0 aromatic heterocycles. The molecule has 0 aromatic rings. The second kappa shape index (κ2) is 4.81. The highest BCUT2D eigenvalue weighted by Crippen LogP contribution is 2.36. The van der Waals surface area contributed by atoms with Gasteiger partial charge in [0.25, 0.3) is 0 Å². The lowest BCUT2D eigenvalue weighted by Gasteiger charge is -2.41. The Labute approximate surface area is 93.0 Å². The summed E-state index contributed by atoms with van der Waals surface area (Å²) in [5.74, 6) is 0. The molecule has 3 atom stereocenters. The molecule has 2 aliphatic rings. The van der Waals surface area contributed by atoms with Gasteiger partial charge in [-0.25, -0.2) is 0 Å². The minimum atomic E-state index is 0.443. The van der Waals surface area contributed by atoms with E-state index in [2.05, 4.69) is 18.7 Å². The molecule has 15 heavy (non-hydrogen) atoms. The Kier molecular flexibility index (Phi) is 3.65. The highest BCUT2D eigenvalue weighted by Gasteiger charge is 2.41. The lowest BCUT2D eigenvalue weighted by molar-refractivity contribution is 0.0250. The van der Waals surface area contributed by atoms with Gasteiger partial charge in [-0.15, -0.1) is 0 Å². The molecule has 2 heterocycles. The molecule has 0 radical (unpaired) electrons. The number of hydrogen-bond acceptors (Lipinski definition) is 3. The molecule has 2 fully saturated rings. The highest BCUT2D eigenvalue weighted by atomic mass is 16.5. The van der Waals surface area contributed by atoms with Crippen molar-refractivity contribution >= 4 is 0 Å². The first kappa shape index (κ1) is 11.4. The number of nitrogens with two attached hydrogens (primary N) is 1. The summed E-state index contributed by atoms with van der Waals surface area (Å²) in [5, 5.41) is 0. The summed E-state index contributed by atoms with van der Waals surface area (Å²) in [7, 11) is 0. The van der Waals surface area contributed by atoms with Gasteiger partial charge in [-0.05, 0) is 39.5 Å². The molecule has 88 valence electrons. The zero-order valence-corrected chi connectivity index (χ0v) is 9.98. The minimum Gasteiger partial charge on any atom is -0.380 e. The summed E-state index contributed by atoms with van der Waals surface area (Å²) in [5.41, 5.74) is 6.06. The molecule has 0 amide bonds. The molecule has 3 nitrogen and oxygen atoms in total. The van der Waals surface area contributed by atoms with Crippen molar-refractivity contribution in [1.82, 2.24) is 4.90 Å². The molecule has 2 rings (SSSR count). The normalized spacial score (nSPS) is 38.2. The van der Waals surface area contributed by atoms with Crippen molar-refractivity contribution in [2.75, 3.05) is 13.2 Å². The maximum atomic E-state index is 6.06. The van der Waals surface area contributed by atoms with E-state index >= 15 is 0 Å². The third kappa shape index (κ3) is 2.35. The first-order chi connectivity index (χ1) is 7.22. The predicted molar refractivity (Wildman–Crippen MR) is 61.8 cm³/mol. The molecular weight excluding hydrogens is 188 g/mol. The zero-order chi connectivity index (χ0) is 10.8. The Morgan fingerprint density at radius 3 is 2.47 bits per heavy atom. The van der Waals surface area contributed by atoms with Crippen LogP contribution in [0.2, 0.25) is 0 Å². The Bertz CT molecular complexity index is 196. The number of ether oxygens (including phenoxy) is 1. The van der Waals surface area contributed by atoms with Gasteiger partial charge in [-0.3, -0.25) is 4.90 Å². The van der Waals surface area contributed by atoms with Crippen LogP contribution in [0.25, 0.3) is 0 Å². The molecule has 0 spiro atoms. The number of rotatable bonds is 4. The van der Waals surface area contributed by atoms with Crippen molar-refractivity contribution < 1.29 is 4.74 Å². The number of piperidine rings is 1. The molecule has 0 aromatic carbocycles. The van der Waals surface area contributed by atoms with Crippen molar-refractivity contribution in [2.45, 2.75) is 63.7 Å². The SMILES string of the molecule is CCOCC(C)N1C2CCC1CC(N)C2. The van der Waals surface area contributed by atoms with Crippen molar-refractivity contribution in [2.24, 2.45) is 5.73 Å². The topological polar surface area (TPSA) is 38.5 Å². The largest absolute Gasteiger partial charge is 0.380 e. The maximum absolute atomic E-state index is 6.06. The standard InChI is InChI=1S/C12H24N2O/c1-3-15-8-9(2)14-11-4-5-12(14)7-10(13)6-11/h9-12H,3-8,13H2,1-2H3. The molecule has 2 bridgehead atoms. The van der Waals surface area contributed by atoms with Crippen LogP contribution in [0.4, 0.5) is 0 Å². The van der Waals surface area contributed by atoms with Gasteiger partial charge in [-0.2, -0.15) is 0 Å². The zero-order valence-electron chi connectivity index (χ0n) is 9.98. The van der Waals surface area contributed by atoms with Crippen molar-refractivity contribution in [1.29, 1.82) is 0 Å². The first-order valence-corrected chi connectivity index (χ1v) is 6.33. The smallest absolute Gasteiger partial charge is 0.0619 e. The third-order valence-electron chi connectivity index (χ3n) is 3.90. The average molecular weight is 212 g/mol. The first-order valence-electron chi connectivity index (χ1n) is 6.33. The predicted octanol–water partition coefficient (Wildman–Crippen LogP) is 1.37. The van der Waals surface area contributed by atoms with E-state index in [-0.39, 0.29) is 0 Å². The van der Waals surface area contributed by atoms with E-state index in [1.54, 1.807) is 0 Å². The molecular formula is C12H24N2O. The lowest BCUT2D eigenvalue weighted by atomic mass is 9.96. The van der Waals surface area contributed by atoms with Gasteiger partial charge in [0, 0.05) is 30.8 Å². The summed E-state index contributed by atoms with van der Waals surface area (Å²) in [6.45, 7) is 6.05.